The molecule has 0 aliphatic carbocycles. The van der Waals surface area contributed by atoms with Gasteiger partial charge in [0.1, 0.15) is 11.8 Å². The van der Waals surface area contributed by atoms with E-state index >= 15 is 8.78 Å². The Labute approximate surface area is 194 Å². The summed E-state index contributed by atoms with van der Waals surface area (Å²) in [5.41, 5.74) is 0.810. The Kier molecular flexibility index (Phi) is 7.20. The number of aromatic nitrogens is 2. The number of cyclic esters (lactones) is 1. The standard InChI is InChI=1S/C20H24F2N6O4S/c1-30-19(33)24-9-15-11-28(20(29)32-15)14-6-16(21)18(17(22)7-14)26-2-3-27(31-5-4-26)10-13-8-23-12-25-13/h6-8,12,15H,2-5,9-11H2,1H3,(H,23,25)(H,24,33)/t15-/m0/s1. The average Bonchev–Trinajstić information content (AvgIpc) is 3.37. The van der Waals surface area contributed by atoms with Gasteiger partial charge in [0.25, 0.3) is 5.17 Å². The first-order valence-corrected chi connectivity index (χ1v) is 10.7. The Morgan fingerprint density at radius 2 is 2.12 bits per heavy atom. The van der Waals surface area contributed by atoms with Crippen LogP contribution in [0.4, 0.5) is 25.0 Å². The highest BCUT2D eigenvalue weighted by molar-refractivity contribution is 7.80. The minimum Gasteiger partial charge on any atom is -0.474 e. The van der Waals surface area contributed by atoms with Crippen LogP contribution in [0, 0.1) is 11.6 Å². The molecule has 1 amide bonds. The van der Waals surface area contributed by atoms with Crippen LogP contribution in [0.3, 0.4) is 0 Å². The molecule has 1 aromatic carbocycles. The number of ether oxygens (including phenoxy) is 2. The van der Waals surface area contributed by atoms with Crippen LogP contribution in [0.1, 0.15) is 5.69 Å². The molecule has 3 heterocycles. The van der Waals surface area contributed by atoms with E-state index in [1.54, 1.807) is 22.5 Å². The summed E-state index contributed by atoms with van der Waals surface area (Å²) in [7, 11) is 1.42. The van der Waals surface area contributed by atoms with Crippen molar-refractivity contribution >= 4 is 34.9 Å². The summed E-state index contributed by atoms with van der Waals surface area (Å²) in [6.07, 6.45) is 2.05. The van der Waals surface area contributed by atoms with Crippen LogP contribution in [0.15, 0.2) is 24.7 Å². The number of nitrogens with one attached hydrogen (secondary N) is 2. The van der Waals surface area contributed by atoms with E-state index in [0.29, 0.717) is 26.2 Å². The van der Waals surface area contributed by atoms with Crippen molar-refractivity contribution in [3.05, 3.63) is 42.0 Å². The zero-order valence-corrected chi connectivity index (χ0v) is 18.7. The van der Waals surface area contributed by atoms with E-state index < -0.39 is 23.8 Å². The fourth-order valence-corrected chi connectivity index (χ4v) is 3.80. The van der Waals surface area contributed by atoms with Gasteiger partial charge in [-0.3, -0.25) is 9.74 Å². The molecule has 13 heteroatoms. The Balaban J connectivity index is 1.42. The Hall–Kier alpha value is -3.03. The van der Waals surface area contributed by atoms with Crippen LogP contribution in [-0.2, 0) is 20.9 Å². The second-order valence-electron chi connectivity index (χ2n) is 7.51. The highest BCUT2D eigenvalue weighted by Crippen LogP contribution is 2.31. The van der Waals surface area contributed by atoms with E-state index in [2.05, 4.69) is 15.3 Å². The summed E-state index contributed by atoms with van der Waals surface area (Å²) >= 11 is 4.89. The fraction of sp³-hybridized carbons (Fsp3) is 0.450. The lowest BCUT2D eigenvalue weighted by Gasteiger charge is -2.24. The molecule has 2 aliphatic heterocycles. The Morgan fingerprint density at radius 3 is 2.82 bits per heavy atom. The van der Waals surface area contributed by atoms with E-state index in [0.717, 1.165) is 17.8 Å². The van der Waals surface area contributed by atoms with E-state index in [1.165, 1.54) is 12.0 Å². The van der Waals surface area contributed by atoms with Gasteiger partial charge in [0, 0.05) is 38.0 Å². The maximum atomic E-state index is 15.0. The SMILES string of the molecule is COC(=S)NC[C@H]1CN(c2cc(F)c(N3CCON(Cc4cnc[nH]4)CC3)c(F)c2)C(=O)O1. The molecule has 2 N–H and O–H groups in total. The van der Waals surface area contributed by atoms with Gasteiger partial charge in [-0.1, -0.05) is 0 Å². The number of halogens is 2. The number of hydroxylamine groups is 2. The summed E-state index contributed by atoms with van der Waals surface area (Å²) in [6, 6.07) is 2.28. The van der Waals surface area contributed by atoms with Gasteiger partial charge < -0.3 is 24.7 Å². The highest BCUT2D eigenvalue weighted by Gasteiger charge is 2.34. The number of thiocarbonyl (C=S) groups is 1. The van der Waals surface area contributed by atoms with Crippen LogP contribution in [0.25, 0.3) is 0 Å². The van der Waals surface area contributed by atoms with Crippen molar-refractivity contribution in [1.29, 1.82) is 0 Å². The van der Waals surface area contributed by atoms with E-state index in [1.807, 2.05) is 0 Å². The predicted octanol–water partition coefficient (Wildman–Crippen LogP) is 1.79. The van der Waals surface area contributed by atoms with Crippen molar-refractivity contribution < 1.29 is 27.9 Å². The normalized spacial score (nSPS) is 19.4. The summed E-state index contributed by atoms with van der Waals surface area (Å²) in [5, 5.41) is 4.68. The van der Waals surface area contributed by atoms with Crippen LogP contribution in [0.5, 0.6) is 0 Å². The van der Waals surface area contributed by atoms with Gasteiger partial charge in [-0.15, -0.1) is 0 Å². The number of aromatic amines is 1. The van der Waals surface area contributed by atoms with Gasteiger partial charge in [0.05, 0.1) is 51.1 Å². The van der Waals surface area contributed by atoms with E-state index in [4.69, 9.17) is 26.5 Å². The molecule has 0 radical (unpaired) electrons. The molecule has 0 spiro atoms. The zero-order chi connectivity index (χ0) is 23.4. The molecule has 4 rings (SSSR count). The van der Waals surface area contributed by atoms with Gasteiger partial charge in [0.15, 0.2) is 11.6 Å². The van der Waals surface area contributed by atoms with Crippen molar-refractivity contribution in [1.82, 2.24) is 20.3 Å². The number of carbonyl (C=O) groups excluding carboxylic acids is 1. The number of anilines is 2. The van der Waals surface area contributed by atoms with Crippen LogP contribution >= 0.6 is 12.2 Å². The lowest BCUT2D eigenvalue weighted by Crippen LogP contribution is -2.34. The third-order valence-corrected chi connectivity index (χ3v) is 5.63. The zero-order valence-electron chi connectivity index (χ0n) is 17.9. The van der Waals surface area contributed by atoms with Crippen LogP contribution < -0.4 is 15.1 Å². The molecule has 0 unspecified atom stereocenters. The number of methoxy groups -OCH3 is 1. The first kappa shape index (κ1) is 23.1. The summed E-state index contributed by atoms with van der Waals surface area (Å²) in [5.74, 6) is -1.52. The topological polar surface area (TPSA) is 95.2 Å². The molecule has 0 bridgehead atoms. The molecule has 10 nitrogen and oxygen atoms in total. The first-order chi connectivity index (χ1) is 15.9. The van der Waals surface area contributed by atoms with Crippen molar-refractivity contribution in [2.24, 2.45) is 0 Å². The minimum atomic E-state index is -0.762. The molecule has 2 aromatic rings. The van der Waals surface area contributed by atoms with Crippen LogP contribution in [-0.4, -0.2) is 78.8 Å². The highest BCUT2D eigenvalue weighted by atomic mass is 32.1. The monoisotopic (exact) mass is 482 g/mol. The average molecular weight is 483 g/mol. The van der Waals surface area contributed by atoms with Gasteiger partial charge in [-0.05, 0) is 12.2 Å². The second kappa shape index (κ2) is 10.3. The first-order valence-electron chi connectivity index (χ1n) is 10.3. The van der Waals surface area contributed by atoms with Gasteiger partial charge in [-0.2, -0.15) is 5.06 Å². The number of carbonyl (C=O) groups is 1. The summed E-state index contributed by atoms with van der Waals surface area (Å²) in [4.78, 5) is 27.7. The fourth-order valence-electron chi connectivity index (χ4n) is 3.72. The Bertz CT molecular complexity index is 972. The maximum absolute atomic E-state index is 15.0. The number of rotatable bonds is 6. The number of hydrogen-bond acceptors (Lipinski definition) is 8. The number of benzene rings is 1. The van der Waals surface area contributed by atoms with E-state index in [-0.39, 0.29) is 36.2 Å². The van der Waals surface area contributed by atoms with Crippen molar-refractivity contribution in [2.45, 2.75) is 12.6 Å². The quantitative estimate of drug-likeness (QED) is 0.598. The Morgan fingerprint density at radius 1 is 1.33 bits per heavy atom. The van der Waals surface area contributed by atoms with Crippen LogP contribution in [0.2, 0.25) is 0 Å². The summed E-state index contributed by atoms with van der Waals surface area (Å²) < 4.78 is 40.2. The molecule has 2 fully saturated rings. The second-order valence-corrected chi connectivity index (χ2v) is 7.88. The molecule has 2 aliphatic rings. The van der Waals surface area contributed by atoms with Crippen molar-refractivity contribution in [3.8, 4) is 0 Å². The van der Waals surface area contributed by atoms with Gasteiger partial charge in [0.2, 0.25) is 0 Å². The molecule has 0 saturated carbocycles. The van der Waals surface area contributed by atoms with Crippen molar-refractivity contribution in [2.75, 3.05) is 56.2 Å². The summed E-state index contributed by atoms with van der Waals surface area (Å²) in [6.45, 7) is 2.21. The molecular formula is C20H24F2N6O4S. The number of hydrogen-bond donors (Lipinski definition) is 2. The molecule has 2 saturated heterocycles. The third kappa shape index (κ3) is 5.49. The third-order valence-electron chi connectivity index (χ3n) is 5.32. The molecule has 1 atom stereocenters. The largest absolute Gasteiger partial charge is 0.474 e. The smallest absolute Gasteiger partial charge is 0.414 e. The molecule has 178 valence electrons. The van der Waals surface area contributed by atoms with Gasteiger partial charge in [-0.25, -0.2) is 18.6 Å². The molecular weight excluding hydrogens is 458 g/mol. The maximum Gasteiger partial charge on any atom is 0.414 e. The molecule has 1 aromatic heterocycles. The number of amides is 1. The van der Waals surface area contributed by atoms with Crippen molar-refractivity contribution in [3.63, 3.8) is 0 Å². The lowest BCUT2D eigenvalue weighted by molar-refractivity contribution is -0.155. The number of imidazole rings is 1. The minimum absolute atomic E-state index is 0.0857. The number of nitrogens with zero attached hydrogens (tertiary/aromatic N) is 4. The number of H-pyrrole nitrogens is 1. The lowest BCUT2D eigenvalue weighted by atomic mass is 10.2. The van der Waals surface area contributed by atoms with Gasteiger partial charge >= 0.3 is 6.09 Å². The predicted molar refractivity (Wildman–Crippen MR) is 119 cm³/mol. The molecule has 33 heavy (non-hydrogen) atoms. The van der Waals surface area contributed by atoms with E-state index in [9.17, 15) is 4.79 Å².